The van der Waals surface area contributed by atoms with E-state index < -0.39 is 5.60 Å². The number of anilines is 1. The molecule has 0 radical (unpaired) electrons. The third kappa shape index (κ3) is 8.39. The van der Waals surface area contributed by atoms with Crippen LogP contribution in [0.2, 0.25) is 0 Å². The van der Waals surface area contributed by atoms with Crippen LogP contribution in [0.15, 0.2) is 24.3 Å². The van der Waals surface area contributed by atoms with Gasteiger partial charge in [0.15, 0.2) is 0 Å². The molecule has 0 bridgehead atoms. The molecule has 0 unspecified atom stereocenters. The van der Waals surface area contributed by atoms with Crippen molar-refractivity contribution in [2.75, 3.05) is 18.4 Å². The standard InChI is InChI=1S/C17H28N2O3/c1-13(2)21-15-9-7-14(8-10-15)18-11-6-12-19-16(20)22-17(3,4)5/h7-10,13,18H,6,11-12H2,1-5H3,(H,19,20). The molecule has 22 heavy (non-hydrogen) atoms. The fraction of sp³-hybridized carbons (Fsp3) is 0.588. The Morgan fingerprint density at radius 3 is 2.32 bits per heavy atom. The van der Waals surface area contributed by atoms with Crippen LogP contribution < -0.4 is 15.4 Å². The van der Waals surface area contributed by atoms with Crippen LogP contribution in [-0.4, -0.2) is 30.9 Å². The molecule has 2 N–H and O–H groups in total. The second-order valence-corrected chi connectivity index (χ2v) is 6.40. The number of carbonyl (C=O) groups is 1. The molecule has 124 valence electrons. The Labute approximate surface area is 133 Å². The first-order valence-corrected chi connectivity index (χ1v) is 7.74. The molecule has 0 heterocycles. The van der Waals surface area contributed by atoms with E-state index in [1.54, 1.807) is 0 Å². The van der Waals surface area contributed by atoms with E-state index in [0.29, 0.717) is 6.54 Å². The molecule has 1 rings (SSSR count). The first kappa shape index (κ1) is 18.1. The lowest BCUT2D eigenvalue weighted by atomic mass is 10.2. The summed E-state index contributed by atoms with van der Waals surface area (Å²) in [5.74, 6) is 0.868. The van der Waals surface area contributed by atoms with Gasteiger partial charge in [-0.25, -0.2) is 4.79 Å². The van der Waals surface area contributed by atoms with E-state index in [4.69, 9.17) is 9.47 Å². The molecular formula is C17H28N2O3. The summed E-state index contributed by atoms with van der Waals surface area (Å²) < 4.78 is 10.8. The lowest BCUT2D eigenvalue weighted by molar-refractivity contribution is 0.0528. The highest BCUT2D eigenvalue weighted by atomic mass is 16.6. The van der Waals surface area contributed by atoms with E-state index in [-0.39, 0.29) is 12.2 Å². The van der Waals surface area contributed by atoms with Crippen molar-refractivity contribution in [3.8, 4) is 5.75 Å². The molecule has 0 atom stereocenters. The zero-order chi connectivity index (χ0) is 16.6. The van der Waals surface area contributed by atoms with E-state index in [1.165, 1.54) is 0 Å². The summed E-state index contributed by atoms with van der Waals surface area (Å²) in [6, 6.07) is 7.86. The van der Waals surface area contributed by atoms with Crippen LogP contribution in [0.1, 0.15) is 41.0 Å². The Hall–Kier alpha value is -1.91. The van der Waals surface area contributed by atoms with Gasteiger partial charge in [0.05, 0.1) is 6.10 Å². The maximum atomic E-state index is 11.4. The molecule has 0 aliphatic heterocycles. The average Bonchev–Trinajstić information content (AvgIpc) is 2.37. The summed E-state index contributed by atoms with van der Waals surface area (Å²) in [7, 11) is 0. The molecule has 0 saturated carbocycles. The van der Waals surface area contributed by atoms with Gasteiger partial charge in [-0.3, -0.25) is 0 Å². The van der Waals surface area contributed by atoms with Crippen molar-refractivity contribution >= 4 is 11.8 Å². The molecule has 5 heteroatoms. The topological polar surface area (TPSA) is 59.6 Å². The van der Waals surface area contributed by atoms with E-state index >= 15 is 0 Å². The predicted octanol–water partition coefficient (Wildman–Crippen LogP) is 3.80. The zero-order valence-corrected chi connectivity index (χ0v) is 14.2. The van der Waals surface area contributed by atoms with Gasteiger partial charge in [-0.05, 0) is 65.3 Å². The van der Waals surface area contributed by atoms with E-state index in [9.17, 15) is 4.79 Å². The van der Waals surface area contributed by atoms with Crippen molar-refractivity contribution < 1.29 is 14.3 Å². The maximum absolute atomic E-state index is 11.4. The number of amides is 1. The highest BCUT2D eigenvalue weighted by molar-refractivity contribution is 5.67. The largest absolute Gasteiger partial charge is 0.491 e. The number of carbonyl (C=O) groups excluding carboxylic acids is 1. The Bertz CT molecular complexity index is 450. The van der Waals surface area contributed by atoms with Gasteiger partial charge in [-0.2, -0.15) is 0 Å². The predicted molar refractivity (Wildman–Crippen MR) is 89.5 cm³/mol. The first-order valence-electron chi connectivity index (χ1n) is 7.74. The molecule has 1 aromatic carbocycles. The number of benzene rings is 1. The smallest absolute Gasteiger partial charge is 0.407 e. The fourth-order valence-electron chi connectivity index (χ4n) is 1.75. The molecule has 1 amide bonds. The van der Waals surface area contributed by atoms with Crippen LogP contribution in [0.25, 0.3) is 0 Å². The highest BCUT2D eigenvalue weighted by Crippen LogP contribution is 2.16. The summed E-state index contributed by atoms with van der Waals surface area (Å²) in [5.41, 5.74) is 0.579. The normalized spacial score (nSPS) is 11.2. The van der Waals surface area contributed by atoms with Crippen LogP contribution in [0.4, 0.5) is 10.5 Å². The van der Waals surface area contributed by atoms with Gasteiger partial charge in [-0.1, -0.05) is 0 Å². The van der Waals surface area contributed by atoms with Gasteiger partial charge >= 0.3 is 6.09 Å². The SMILES string of the molecule is CC(C)Oc1ccc(NCCCNC(=O)OC(C)(C)C)cc1. The Kier molecular flexibility index (Phi) is 7.02. The number of rotatable bonds is 7. The van der Waals surface area contributed by atoms with Crippen LogP contribution >= 0.6 is 0 Å². The van der Waals surface area contributed by atoms with Crippen molar-refractivity contribution in [2.45, 2.75) is 52.7 Å². The minimum absolute atomic E-state index is 0.178. The van der Waals surface area contributed by atoms with Crippen molar-refractivity contribution in [1.82, 2.24) is 5.32 Å². The average molecular weight is 308 g/mol. The van der Waals surface area contributed by atoms with Gasteiger partial charge in [0.2, 0.25) is 0 Å². The summed E-state index contributed by atoms with van der Waals surface area (Å²) in [5, 5.41) is 6.03. The number of nitrogens with one attached hydrogen (secondary N) is 2. The minimum Gasteiger partial charge on any atom is -0.491 e. The molecular weight excluding hydrogens is 280 g/mol. The molecule has 0 aromatic heterocycles. The summed E-state index contributed by atoms with van der Waals surface area (Å²) in [6.45, 7) is 10.9. The van der Waals surface area contributed by atoms with Gasteiger partial charge in [-0.15, -0.1) is 0 Å². The van der Waals surface area contributed by atoms with Crippen molar-refractivity contribution in [3.63, 3.8) is 0 Å². The molecule has 0 aliphatic rings. The van der Waals surface area contributed by atoms with Crippen molar-refractivity contribution in [1.29, 1.82) is 0 Å². The van der Waals surface area contributed by atoms with E-state index in [1.807, 2.05) is 58.9 Å². The van der Waals surface area contributed by atoms with Crippen LogP contribution in [0.3, 0.4) is 0 Å². The van der Waals surface area contributed by atoms with Gasteiger partial charge in [0.1, 0.15) is 11.4 Å². The van der Waals surface area contributed by atoms with Crippen LogP contribution in [0.5, 0.6) is 5.75 Å². The Balaban J connectivity index is 2.18. The summed E-state index contributed by atoms with van der Waals surface area (Å²) in [6.07, 6.45) is 0.629. The van der Waals surface area contributed by atoms with Gasteiger partial charge < -0.3 is 20.1 Å². The Morgan fingerprint density at radius 1 is 1.14 bits per heavy atom. The number of alkyl carbamates (subject to hydrolysis) is 1. The molecule has 1 aromatic rings. The molecule has 0 spiro atoms. The van der Waals surface area contributed by atoms with E-state index in [0.717, 1.165) is 24.4 Å². The van der Waals surface area contributed by atoms with E-state index in [2.05, 4.69) is 10.6 Å². The van der Waals surface area contributed by atoms with Crippen LogP contribution in [0, 0.1) is 0 Å². The van der Waals surface area contributed by atoms with Gasteiger partial charge in [0, 0.05) is 18.8 Å². The van der Waals surface area contributed by atoms with Crippen LogP contribution in [-0.2, 0) is 4.74 Å². The molecule has 0 aliphatic carbocycles. The quantitative estimate of drug-likeness (QED) is 0.752. The second-order valence-electron chi connectivity index (χ2n) is 6.40. The number of ether oxygens (including phenoxy) is 2. The van der Waals surface area contributed by atoms with Gasteiger partial charge in [0.25, 0.3) is 0 Å². The number of hydrogen-bond acceptors (Lipinski definition) is 4. The fourth-order valence-corrected chi connectivity index (χ4v) is 1.75. The minimum atomic E-state index is -0.456. The van der Waals surface area contributed by atoms with Crippen molar-refractivity contribution in [3.05, 3.63) is 24.3 Å². The third-order valence-corrected chi connectivity index (χ3v) is 2.58. The molecule has 5 nitrogen and oxygen atoms in total. The highest BCUT2D eigenvalue weighted by Gasteiger charge is 2.15. The lowest BCUT2D eigenvalue weighted by Crippen LogP contribution is -2.33. The monoisotopic (exact) mass is 308 g/mol. The summed E-state index contributed by atoms with van der Waals surface area (Å²) >= 11 is 0. The zero-order valence-electron chi connectivity index (χ0n) is 14.2. The lowest BCUT2D eigenvalue weighted by Gasteiger charge is -2.19. The Morgan fingerprint density at radius 2 is 1.77 bits per heavy atom. The number of hydrogen-bond donors (Lipinski definition) is 2. The van der Waals surface area contributed by atoms with Crippen molar-refractivity contribution in [2.24, 2.45) is 0 Å². The molecule has 0 fully saturated rings. The molecule has 0 saturated heterocycles. The maximum Gasteiger partial charge on any atom is 0.407 e. The first-order chi connectivity index (χ1) is 10.3. The summed E-state index contributed by atoms with van der Waals surface area (Å²) in [4.78, 5) is 11.4. The third-order valence-electron chi connectivity index (χ3n) is 2.58. The second kappa shape index (κ2) is 8.51.